The van der Waals surface area contributed by atoms with Crippen LogP contribution in [0.5, 0.6) is 0 Å². The zero-order chi connectivity index (χ0) is 18.9. The van der Waals surface area contributed by atoms with Gasteiger partial charge in [-0.15, -0.1) is 0 Å². The highest BCUT2D eigenvalue weighted by molar-refractivity contribution is 4.61. The first-order chi connectivity index (χ1) is 12.0. The van der Waals surface area contributed by atoms with Crippen LogP contribution < -0.4 is 0 Å². The van der Waals surface area contributed by atoms with E-state index in [1.54, 1.807) is 0 Å². The molecule has 0 radical (unpaired) electrons. The molecule has 0 saturated heterocycles. The van der Waals surface area contributed by atoms with Crippen LogP contribution >= 0.6 is 0 Å². The quantitative estimate of drug-likeness (QED) is 0.272. The minimum Gasteiger partial charge on any atom is -0.396 e. The summed E-state index contributed by atoms with van der Waals surface area (Å²) in [7, 11) is 0. The molecular formula is C23H48O2. The van der Waals surface area contributed by atoms with Crippen molar-refractivity contribution in [1.29, 1.82) is 0 Å². The normalized spacial score (nSPS) is 15.5. The zero-order valence-corrected chi connectivity index (χ0v) is 18.1. The SMILES string of the molecule is CC(C)CCCC(C)CCCC(C)CCCC(C)CCOCCCO. The molecule has 2 heteroatoms. The molecule has 0 aromatic rings. The van der Waals surface area contributed by atoms with Gasteiger partial charge in [-0.1, -0.05) is 92.4 Å². The van der Waals surface area contributed by atoms with Crippen LogP contribution in [0.2, 0.25) is 0 Å². The van der Waals surface area contributed by atoms with E-state index in [0.29, 0.717) is 6.61 Å². The summed E-state index contributed by atoms with van der Waals surface area (Å²) >= 11 is 0. The monoisotopic (exact) mass is 356 g/mol. The van der Waals surface area contributed by atoms with Gasteiger partial charge in [0.2, 0.25) is 0 Å². The summed E-state index contributed by atoms with van der Waals surface area (Å²) < 4.78 is 5.53. The van der Waals surface area contributed by atoms with Crippen molar-refractivity contribution in [3.63, 3.8) is 0 Å². The van der Waals surface area contributed by atoms with Crippen LogP contribution in [0.25, 0.3) is 0 Å². The lowest BCUT2D eigenvalue weighted by Gasteiger charge is -2.16. The molecule has 3 unspecified atom stereocenters. The molecule has 0 aromatic carbocycles. The van der Waals surface area contributed by atoms with E-state index in [-0.39, 0.29) is 6.61 Å². The molecule has 152 valence electrons. The number of hydrogen-bond donors (Lipinski definition) is 1. The average molecular weight is 357 g/mol. The smallest absolute Gasteiger partial charge is 0.0487 e. The van der Waals surface area contributed by atoms with E-state index in [4.69, 9.17) is 9.84 Å². The Morgan fingerprint density at radius 3 is 1.44 bits per heavy atom. The molecule has 0 rings (SSSR count). The summed E-state index contributed by atoms with van der Waals surface area (Å²) in [5, 5.41) is 8.71. The molecule has 0 heterocycles. The summed E-state index contributed by atoms with van der Waals surface area (Å²) in [5.41, 5.74) is 0. The van der Waals surface area contributed by atoms with Crippen molar-refractivity contribution < 1.29 is 9.84 Å². The van der Waals surface area contributed by atoms with Gasteiger partial charge in [-0.25, -0.2) is 0 Å². The van der Waals surface area contributed by atoms with Gasteiger partial charge in [0.25, 0.3) is 0 Å². The van der Waals surface area contributed by atoms with Gasteiger partial charge in [0.1, 0.15) is 0 Å². The lowest BCUT2D eigenvalue weighted by Crippen LogP contribution is -2.05. The number of aliphatic hydroxyl groups excluding tert-OH is 1. The van der Waals surface area contributed by atoms with Crippen LogP contribution in [0.4, 0.5) is 0 Å². The molecule has 0 aliphatic heterocycles. The molecule has 0 aromatic heterocycles. The van der Waals surface area contributed by atoms with Crippen molar-refractivity contribution >= 4 is 0 Å². The predicted molar refractivity (Wildman–Crippen MR) is 111 cm³/mol. The molecule has 0 saturated carbocycles. The fourth-order valence-corrected chi connectivity index (χ4v) is 3.49. The van der Waals surface area contributed by atoms with E-state index in [9.17, 15) is 0 Å². The van der Waals surface area contributed by atoms with Crippen LogP contribution in [0.3, 0.4) is 0 Å². The van der Waals surface area contributed by atoms with Crippen LogP contribution in [0.1, 0.15) is 105 Å². The Morgan fingerprint density at radius 1 is 0.560 bits per heavy atom. The van der Waals surface area contributed by atoms with Crippen molar-refractivity contribution in [2.24, 2.45) is 23.7 Å². The van der Waals surface area contributed by atoms with Gasteiger partial charge in [-0.05, 0) is 36.5 Å². The van der Waals surface area contributed by atoms with Gasteiger partial charge >= 0.3 is 0 Å². The summed E-state index contributed by atoms with van der Waals surface area (Å²) in [5.74, 6) is 3.43. The summed E-state index contributed by atoms with van der Waals surface area (Å²) in [6.07, 6.45) is 14.5. The maximum absolute atomic E-state index is 8.71. The van der Waals surface area contributed by atoms with Gasteiger partial charge in [0.05, 0.1) is 0 Å². The largest absolute Gasteiger partial charge is 0.396 e. The third kappa shape index (κ3) is 18.5. The maximum atomic E-state index is 8.71. The number of rotatable bonds is 18. The fraction of sp³-hybridized carbons (Fsp3) is 1.00. The Labute approximate surface area is 159 Å². The minimum atomic E-state index is 0.240. The van der Waals surface area contributed by atoms with Crippen molar-refractivity contribution in [2.75, 3.05) is 19.8 Å². The lowest BCUT2D eigenvalue weighted by atomic mass is 9.91. The van der Waals surface area contributed by atoms with Crippen LogP contribution in [-0.2, 0) is 4.74 Å². The Morgan fingerprint density at radius 2 is 1.00 bits per heavy atom. The molecular weight excluding hydrogens is 308 g/mol. The molecule has 0 aliphatic rings. The second-order valence-electron chi connectivity index (χ2n) is 8.98. The maximum Gasteiger partial charge on any atom is 0.0487 e. The molecule has 0 aliphatic carbocycles. The van der Waals surface area contributed by atoms with Gasteiger partial charge < -0.3 is 9.84 Å². The molecule has 2 nitrogen and oxygen atoms in total. The summed E-state index contributed by atoms with van der Waals surface area (Å²) in [6.45, 7) is 13.7. The Kier molecular flexibility index (Phi) is 17.3. The first-order valence-electron chi connectivity index (χ1n) is 11.1. The second kappa shape index (κ2) is 17.3. The number of hydrogen-bond acceptors (Lipinski definition) is 2. The van der Waals surface area contributed by atoms with Crippen molar-refractivity contribution in [1.82, 2.24) is 0 Å². The summed E-state index contributed by atoms with van der Waals surface area (Å²) in [6, 6.07) is 0. The van der Waals surface area contributed by atoms with Gasteiger partial charge in [-0.2, -0.15) is 0 Å². The van der Waals surface area contributed by atoms with Crippen LogP contribution in [0, 0.1) is 23.7 Å². The topological polar surface area (TPSA) is 29.5 Å². The average Bonchev–Trinajstić information content (AvgIpc) is 2.54. The van der Waals surface area contributed by atoms with Crippen molar-refractivity contribution in [2.45, 2.75) is 105 Å². The van der Waals surface area contributed by atoms with Crippen molar-refractivity contribution in [3.05, 3.63) is 0 Å². The molecule has 0 amide bonds. The highest BCUT2D eigenvalue weighted by Crippen LogP contribution is 2.22. The molecule has 25 heavy (non-hydrogen) atoms. The lowest BCUT2D eigenvalue weighted by molar-refractivity contribution is 0.105. The van der Waals surface area contributed by atoms with Gasteiger partial charge in [-0.3, -0.25) is 0 Å². The molecule has 1 N–H and O–H groups in total. The minimum absolute atomic E-state index is 0.240. The molecule has 3 atom stereocenters. The van der Waals surface area contributed by atoms with Crippen molar-refractivity contribution in [3.8, 4) is 0 Å². The number of ether oxygens (including phenoxy) is 1. The first kappa shape index (κ1) is 24.9. The fourth-order valence-electron chi connectivity index (χ4n) is 3.49. The number of aliphatic hydroxyl groups is 1. The highest BCUT2D eigenvalue weighted by atomic mass is 16.5. The summed E-state index contributed by atoms with van der Waals surface area (Å²) in [4.78, 5) is 0. The standard InChI is InChI=1S/C23H48O2/c1-20(2)10-6-11-21(3)12-7-13-22(4)14-8-15-23(5)16-19-25-18-9-17-24/h20-24H,6-19H2,1-5H3. The van der Waals surface area contributed by atoms with E-state index in [1.165, 1.54) is 57.8 Å². The first-order valence-corrected chi connectivity index (χ1v) is 11.1. The molecule has 0 bridgehead atoms. The van der Waals surface area contributed by atoms with Crippen LogP contribution in [0.15, 0.2) is 0 Å². The van der Waals surface area contributed by atoms with Gasteiger partial charge in [0, 0.05) is 19.8 Å². The van der Waals surface area contributed by atoms with E-state index in [1.807, 2.05) is 0 Å². The zero-order valence-electron chi connectivity index (χ0n) is 18.1. The third-order valence-corrected chi connectivity index (χ3v) is 5.47. The Balaban J connectivity index is 3.46. The Bertz CT molecular complexity index is 265. The molecule has 0 fully saturated rings. The van der Waals surface area contributed by atoms with E-state index >= 15 is 0 Å². The van der Waals surface area contributed by atoms with Gasteiger partial charge in [0.15, 0.2) is 0 Å². The Hall–Kier alpha value is -0.0800. The predicted octanol–water partition coefficient (Wildman–Crippen LogP) is 6.85. The van der Waals surface area contributed by atoms with E-state index in [2.05, 4.69) is 34.6 Å². The molecule has 0 spiro atoms. The van der Waals surface area contributed by atoms with Crippen LogP contribution in [-0.4, -0.2) is 24.9 Å². The van der Waals surface area contributed by atoms with E-state index < -0.39 is 0 Å². The van der Waals surface area contributed by atoms with E-state index in [0.717, 1.165) is 43.1 Å². The second-order valence-corrected chi connectivity index (χ2v) is 8.98. The highest BCUT2D eigenvalue weighted by Gasteiger charge is 2.08. The third-order valence-electron chi connectivity index (χ3n) is 5.47.